The number of nitrogens with two attached hydrogens (primary N) is 1. The highest BCUT2D eigenvalue weighted by molar-refractivity contribution is 6.20. The highest BCUT2D eigenvalue weighted by Crippen LogP contribution is 2.34. The maximum Gasteiger partial charge on any atom is 0.487 e. The van der Waals surface area contributed by atoms with Crippen LogP contribution in [0.4, 0.5) is 30.5 Å². The number of aromatic nitrogens is 3. The van der Waals surface area contributed by atoms with E-state index >= 15 is 0 Å². The smallest absolute Gasteiger partial charge is 0.420 e. The molecule has 13 heteroatoms. The third-order valence-corrected chi connectivity index (χ3v) is 5.02. The van der Waals surface area contributed by atoms with Crippen molar-refractivity contribution < 1.29 is 27.8 Å². The van der Waals surface area contributed by atoms with Crippen molar-refractivity contribution in [2.75, 3.05) is 29.0 Å². The summed E-state index contributed by atoms with van der Waals surface area (Å²) in [7, 11) is 0. The van der Waals surface area contributed by atoms with Gasteiger partial charge >= 0.3 is 5.57 Å². The molecule has 0 bridgehead atoms. The molecule has 5 N–H and O–H groups in total. The predicted octanol–water partition coefficient (Wildman–Crippen LogP) is 3.18. The number of benzene rings is 1. The van der Waals surface area contributed by atoms with Gasteiger partial charge in [-0.3, -0.25) is 9.89 Å². The van der Waals surface area contributed by atoms with Gasteiger partial charge in [-0.1, -0.05) is 0 Å². The zero-order chi connectivity index (χ0) is 23.8. The fourth-order valence-corrected chi connectivity index (χ4v) is 3.55. The summed E-state index contributed by atoms with van der Waals surface area (Å²) >= 11 is 4.73. The van der Waals surface area contributed by atoms with E-state index in [0.717, 1.165) is 6.20 Å². The fourth-order valence-electron chi connectivity index (χ4n) is 3.46. The Hall–Kier alpha value is -3.51. The zero-order valence-corrected chi connectivity index (χ0v) is 17.6. The van der Waals surface area contributed by atoms with Crippen molar-refractivity contribution in [2.45, 2.75) is 18.1 Å². The first-order chi connectivity index (χ1) is 15.6. The second kappa shape index (κ2) is 8.79. The Morgan fingerprint density at radius 1 is 1.36 bits per heavy atom. The lowest BCUT2D eigenvalue weighted by Gasteiger charge is -2.21. The van der Waals surface area contributed by atoms with E-state index in [1.54, 1.807) is 4.90 Å². The number of aromatic amines is 1. The highest BCUT2D eigenvalue weighted by atomic mass is 35.5. The van der Waals surface area contributed by atoms with Gasteiger partial charge in [-0.15, -0.1) is 8.78 Å². The van der Waals surface area contributed by atoms with E-state index in [4.69, 9.17) is 17.3 Å². The number of β-amino-alcohol motifs (C(OH)–C–C–N with tert-alkyl or cyclic N) is 1. The second-order valence-corrected chi connectivity index (χ2v) is 7.74. The summed E-state index contributed by atoms with van der Waals surface area (Å²) in [5.41, 5.74) is 2.63. The quantitative estimate of drug-likeness (QED) is 0.397. The number of hydrogen-bond acceptors (Lipinski definition) is 7. The minimum absolute atomic E-state index is 0.0106. The van der Waals surface area contributed by atoms with Gasteiger partial charge in [0.1, 0.15) is 23.1 Å². The Bertz CT molecular complexity index is 1170. The molecule has 0 aliphatic carbocycles. The number of aliphatic hydroxyl groups excluding tert-OH is 1. The number of hydrogen-bond donors (Lipinski definition) is 4. The molecule has 2 aromatic heterocycles. The normalized spacial score (nSPS) is 16.2. The van der Waals surface area contributed by atoms with Crippen molar-refractivity contribution in [1.29, 1.82) is 0 Å². The molecule has 1 aliphatic heterocycles. The van der Waals surface area contributed by atoms with Crippen molar-refractivity contribution in [1.82, 2.24) is 15.2 Å². The molecule has 1 aromatic carbocycles. The minimum atomic E-state index is -3.86. The molecule has 1 amide bonds. The van der Waals surface area contributed by atoms with Crippen molar-refractivity contribution in [3.63, 3.8) is 0 Å². The number of anilines is 3. The Kier molecular flexibility index (Phi) is 6.04. The summed E-state index contributed by atoms with van der Waals surface area (Å²) in [5, 5.41) is 18.7. The number of rotatable bonds is 6. The summed E-state index contributed by atoms with van der Waals surface area (Å²) in [5.74, 6) is -1.34. The van der Waals surface area contributed by atoms with E-state index < -0.39 is 23.4 Å². The fraction of sp³-hybridized carbons (Fsp3) is 0.250. The SMILES string of the molecule is Nc1nc(N2CC[C@H](O)C2)c(-c2[nH]ncc2F)cc1C(=O)Nc1ccc(OC(F)(F)Cl)cc1. The number of pyridine rings is 1. The number of amides is 1. The van der Waals surface area contributed by atoms with Crippen LogP contribution < -0.4 is 20.7 Å². The molecule has 174 valence electrons. The van der Waals surface area contributed by atoms with Crippen LogP contribution >= 0.6 is 11.6 Å². The largest absolute Gasteiger partial charge is 0.487 e. The number of carbonyl (C=O) groups is 1. The molecule has 0 radical (unpaired) electrons. The van der Waals surface area contributed by atoms with E-state index in [9.17, 15) is 23.1 Å². The molecule has 4 rings (SSSR count). The standard InChI is InChI=1S/C20H18ClF3N6O3/c21-20(23,24)33-12-3-1-10(2-4-12)27-19(32)14-7-13(16-15(22)8-26-29-16)18(28-17(14)25)30-6-5-11(31)9-30/h1-4,7-8,11,31H,5-6,9H2,(H2,25,28)(H,26,29)(H,27,32)/t11-/m0/s1. The van der Waals surface area contributed by atoms with Gasteiger partial charge in [-0.25, -0.2) is 9.37 Å². The maximum atomic E-state index is 14.3. The Morgan fingerprint density at radius 2 is 2.09 bits per heavy atom. The predicted molar refractivity (Wildman–Crippen MR) is 115 cm³/mol. The van der Waals surface area contributed by atoms with Gasteiger partial charge in [0, 0.05) is 35.9 Å². The van der Waals surface area contributed by atoms with Crippen LogP contribution in [-0.2, 0) is 0 Å². The molecule has 0 saturated carbocycles. The molecule has 1 saturated heterocycles. The first kappa shape index (κ1) is 22.7. The molecule has 9 nitrogen and oxygen atoms in total. The number of halogens is 4. The molecule has 33 heavy (non-hydrogen) atoms. The average molecular weight is 483 g/mol. The van der Waals surface area contributed by atoms with Crippen LogP contribution in [0.2, 0.25) is 0 Å². The topological polar surface area (TPSA) is 129 Å². The number of alkyl halides is 3. The number of H-pyrrole nitrogens is 1. The third-order valence-electron chi connectivity index (χ3n) is 4.95. The lowest BCUT2D eigenvalue weighted by atomic mass is 10.1. The van der Waals surface area contributed by atoms with E-state index in [0.29, 0.717) is 18.8 Å². The van der Waals surface area contributed by atoms with E-state index in [1.807, 2.05) is 0 Å². The van der Waals surface area contributed by atoms with Crippen molar-refractivity contribution >= 4 is 34.8 Å². The summed E-state index contributed by atoms with van der Waals surface area (Å²) in [6, 6.07) is 6.42. The minimum Gasteiger partial charge on any atom is -0.420 e. The average Bonchev–Trinajstić information content (AvgIpc) is 3.36. The third kappa shape index (κ3) is 5.12. The van der Waals surface area contributed by atoms with Crippen LogP contribution in [0.3, 0.4) is 0 Å². The Balaban J connectivity index is 1.63. The van der Waals surface area contributed by atoms with Gasteiger partial charge in [0.2, 0.25) is 0 Å². The summed E-state index contributed by atoms with van der Waals surface area (Å²) in [6.07, 6.45) is 0.924. The number of carbonyl (C=O) groups excluding carboxylic acids is 1. The van der Waals surface area contributed by atoms with Crippen LogP contribution in [0.15, 0.2) is 36.5 Å². The van der Waals surface area contributed by atoms with Crippen molar-refractivity contribution in [2.24, 2.45) is 0 Å². The molecule has 3 aromatic rings. The molecule has 1 atom stereocenters. The van der Waals surface area contributed by atoms with E-state index in [1.165, 1.54) is 30.3 Å². The van der Waals surface area contributed by atoms with Gasteiger partial charge < -0.3 is 25.8 Å². The van der Waals surface area contributed by atoms with Crippen LogP contribution in [-0.4, -0.2) is 51.0 Å². The molecule has 3 heterocycles. The Labute approximate surface area is 190 Å². The number of nitrogens with one attached hydrogen (secondary N) is 2. The summed E-state index contributed by atoms with van der Waals surface area (Å²) in [4.78, 5) is 18.9. The van der Waals surface area contributed by atoms with E-state index in [-0.39, 0.29) is 40.6 Å². The number of nitrogens with zero attached hydrogens (tertiary/aromatic N) is 3. The van der Waals surface area contributed by atoms with Gasteiger partial charge in [0.25, 0.3) is 5.91 Å². The van der Waals surface area contributed by atoms with Crippen LogP contribution in [0.25, 0.3) is 11.3 Å². The summed E-state index contributed by atoms with van der Waals surface area (Å²) in [6.45, 7) is 0.744. The lowest BCUT2D eigenvalue weighted by molar-refractivity contribution is -0.0964. The molecular weight excluding hydrogens is 465 g/mol. The maximum absolute atomic E-state index is 14.3. The number of nitrogen functional groups attached to an aromatic ring is 1. The molecule has 0 unspecified atom stereocenters. The second-order valence-electron chi connectivity index (χ2n) is 7.30. The number of aliphatic hydroxyl groups is 1. The summed E-state index contributed by atoms with van der Waals surface area (Å²) < 4.78 is 44.0. The van der Waals surface area contributed by atoms with Gasteiger partial charge in [-0.05, 0) is 36.8 Å². The molecule has 0 spiro atoms. The highest BCUT2D eigenvalue weighted by Gasteiger charge is 2.29. The monoisotopic (exact) mass is 482 g/mol. The Morgan fingerprint density at radius 3 is 2.67 bits per heavy atom. The van der Waals surface area contributed by atoms with Crippen molar-refractivity contribution in [3.05, 3.63) is 47.9 Å². The lowest BCUT2D eigenvalue weighted by Crippen LogP contribution is -2.24. The molecular formula is C20H18ClF3N6O3. The van der Waals surface area contributed by atoms with Crippen molar-refractivity contribution in [3.8, 4) is 17.0 Å². The van der Waals surface area contributed by atoms with Crippen LogP contribution in [0.1, 0.15) is 16.8 Å². The van der Waals surface area contributed by atoms with E-state index in [2.05, 4.69) is 25.2 Å². The first-order valence-electron chi connectivity index (χ1n) is 9.70. The van der Waals surface area contributed by atoms with Gasteiger partial charge in [-0.2, -0.15) is 5.10 Å². The first-order valence-corrected chi connectivity index (χ1v) is 10.1. The van der Waals surface area contributed by atoms with Crippen LogP contribution in [0, 0.1) is 5.82 Å². The molecule has 1 fully saturated rings. The van der Waals surface area contributed by atoms with Crippen LogP contribution in [0.5, 0.6) is 5.75 Å². The zero-order valence-electron chi connectivity index (χ0n) is 16.9. The van der Waals surface area contributed by atoms with Gasteiger partial charge in [0.05, 0.1) is 17.9 Å². The molecule has 1 aliphatic rings. The number of ether oxygens (including phenoxy) is 1. The van der Waals surface area contributed by atoms with Gasteiger partial charge in [0.15, 0.2) is 5.82 Å².